The predicted molar refractivity (Wildman–Crippen MR) is 79.1 cm³/mol. The number of nitrogens with zero attached hydrogens (tertiary/aromatic N) is 2. The molecule has 108 valence electrons. The van der Waals surface area contributed by atoms with Crippen LogP contribution < -0.4 is 9.47 Å². The highest BCUT2D eigenvalue weighted by Gasteiger charge is 2.25. The Labute approximate surface area is 128 Å². The molecule has 2 aliphatic rings. The summed E-state index contributed by atoms with van der Waals surface area (Å²) in [7, 11) is 0. The van der Waals surface area contributed by atoms with E-state index in [2.05, 4.69) is 6.07 Å². The normalized spacial score (nSPS) is 16.4. The molecule has 1 fully saturated rings. The molecule has 2 heterocycles. The Bertz CT molecular complexity index is 635. The molecule has 0 aromatic heterocycles. The van der Waals surface area contributed by atoms with Gasteiger partial charge in [-0.05, 0) is 29.7 Å². The first kappa shape index (κ1) is 13.8. The maximum atomic E-state index is 11.7. The Morgan fingerprint density at radius 1 is 1.24 bits per heavy atom. The molecule has 1 saturated heterocycles. The van der Waals surface area contributed by atoms with Crippen molar-refractivity contribution in [3.8, 4) is 17.6 Å². The molecule has 5 nitrogen and oxygen atoms in total. The maximum Gasteiger partial charge on any atom is 0.231 e. The number of benzene rings is 1. The van der Waals surface area contributed by atoms with Gasteiger partial charge in [-0.1, -0.05) is 12.2 Å². The fourth-order valence-corrected chi connectivity index (χ4v) is 2.91. The van der Waals surface area contributed by atoms with Gasteiger partial charge >= 0.3 is 0 Å². The van der Waals surface area contributed by atoms with E-state index in [-0.39, 0.29) is 12.7 Å². The van der Waals surface area contributed by atoms with Crippen molar-refractivity contribution in [2.24, 2.45) is 0 Å². The quantitative estimate of drug-likeness (QED) is 0.796. The summed E-state index contributed by atoms with van der Waals surface area (Å²) in [6.07, 6.45) is 2.13. The summed E-state index contributed by atoms with van der Waals surface area (Å²) in [6.45, 7) is 0.759. The Hall–Kier alpha value is -2.13. The number of carbonyl (C=O) groups excluding carboxylic acids is 1. The Kier molecular flexibility index (Phi) is 3.76. The van der Waals surface area contributed by atoms with Gasteiger partial charge in [0.05, 0.1) is 17.5 Å². The van der Waals surface area contributed by atoms with Crippen molar-refractivity contribution in [1.82, 2.24) is 4.90 Å². The second-order valence-corrected chi connectivity index (χ2v) is 5.47. The number of fused-ring (bicyclic) bond motifs is 1. The van der Waals surface area contributed by atoms with Crippen LogP contribution in [0.2, 0.25) is 0 Å². The molecule has 21 heavy (non-hydrogen) atoms. The number of hydrogen-bond donors (Lipinski definition) is 0. The SMILES string of the molecule is N#CCc1cc2c(cc1CCN1C(=O)CCC1=S)OCO2. The Morgan fingerprint density at radius 2 is 1.95 bits per heavy atom. The first-order chi connectivity index (χ1) is 10.2. The number of carbonyl (C=O) groups is 1. The molecule has 1 aromatic rings. The molecule has 1 amide bonds. The molecule has 6 heteroatoms. The summed E-state index contributed by atoms with van der Waals surface area (Å²) in [5.74, 6) is 1.46. The van der Waals surface area contributed by atoms with Crippen LogP contribution in [0, 0.1) is 11.3 Å². The first-order valence-corrected chi connectivity index (χ1v) is 7.21. The molecule has 1 aromatic carbocycles. The van der Waals surface area contributed by atoms with Gasteiger partial charge in [0.15, 0.2) is 11.5 Å². The lowest BCUT2D eigenvalue weighted by molar-refractivity contribution is -0.125. The minimum Gasteiger partial charge on any atom is -0.454 e. The zero-order valence-electron chi connectivity index (χ0n) is 11.4. The van der Waals surface area contributed by atoms with Crippen LogP contribution in [0.15, 0.2) is 12.1 Å². The van der Waals surface area contributed by atoms with Gasteiger partial charge in [0.2, 0.25) is 12.7 Å². The molecule has 0 atom stereocenters. The lowest BCUT2D eigenvalue weighted by Gasteiger charge is -2.17. The summed E-state index contributed by atoms with van der Waals surface area (Å²) >= 11 is 5.20. The average molecular weight is 302 g/mol. The third-order valence-corrected chi connectivity index (χ3v) is 4.15. The van der Waals surface area contributed by atoms with E-state index in [1.807, 2.05) is 12.1 Å². The standard InChI is InChI=1S/C15H14N2O3S/c16-5-3-10-7-12-13(20-9-19-12)8-11(10)4-6-17-14(18)1-2-15(17)21/h7-8H,1-4,6,9H2. The van der Waals surface area contributed by atoms with Gasteiger partial charge < -0.3 is 14.4 Å². The maximum absolute atomic E-state index is 11.7. The highest BCUT2D eigenvalue weighted by molar-refractivity contribution is 7.80. The van der Waals surface area contributed by atoms with Crippen LogP contribution in [0.1, 0.15) is 24.0 Å². The lowest BCUT2D eigenvalue weighted by Crippen LogP contribution is -2.30. The van der Waals surface area contributed by atoms with Crippen molar-refractivity contribution in [2.75, 3.05) is 13.3 Å². The number of nitriles is 1. The van der Waals surface area contributed by atoms with Crippen molar-refractivity contribution in [3.05, 3.63) is 23.3 Å². The smallest absolute Gasteiger partial charge is 0.231 e. The molecule has 0 saturated carbocycles. The van der Waals surface area contributed by atoms with Gasteiger partial charge in [-0.15, -0.1) is 0 Å². The van der Waals surface area contributed by atoms with E-state index in [0.717, 1.165) is 11.1 Å². The summed E-state index contributed by atoms with van der Waals surface area (Å²) in [6, 6.07) is 5.91. The zero-order chi connectivity index (χ0) is 14.8. The Balaban J connectivity index is 1.79. The summed E-state index contributed by atoms with van der Waals surface area (Å²) in [5.41, 5.74) is 1.92. The molecule has 3 rings (SSSR count). The van der Waals surface area contributed by atoms with Crippen molar-refractivity contribution in [3.63, 3.8) is 0 Å². The first-order valence-electron chi connectivity index (χ1n) is 6.80. The number of hydrogen-bond acceptors (Lipinski definition) is 5. The zero-order valence-corrected chi connectivity index (χ0v) is 12.2. The minimum atomic E-state index is 0.0857. The second-order valence-electron chi connectivity index (χ2n) is 5.00. The van der Waals surface area contributed by atoms with Crippen LogP contribution in [0.4, 0.5) is 0 Å². The number of rotatable bonds is 4. The van der Waals surface area contributed by atoms with Gasteiger partial charge in [0, 0.05) is 19.4 Å². The third kappa shape index (κ3) is 2.69. The fraction of sp³-hybridized carbons (Fsp3) is 0.400. The summed E-state index contributed by atoms with van der Waals surface area (Å²) in [4.78, 5) is 14.1. The molecule has 0 N–H and O–H groups in total. The Morgan fingerprint density at radius 3 is 2.57 bits per heavy atom. The number of amides is 1. The van der Waals surface area contributed by atoms with Gasteiger partial charge in [0.1, 0.15) is 0 Å². The minimum absolute atomic E-state index is 0.0857. The van der Waals surface area contributed by atoms with Gasteiger partial charge in [-0.2, -0.15) is 5.26 Å². The van der Waals surface area contributed by atoms with E-state index >= 15 is 0 Å². The van der Waals surface area contributed by atoms with Crippen LogP contribution in [0.25, 0.3) is 0 Å². The van der Waals surface area contributed by atoms with Crippen molar-refractivity contribution < 1.29 is 14.3 Å². The van der Waals surface area contributed by atoms with Gasteiger partial charge in [0.25, 0.3) is 0 Å². The van der Waals surface area contributed by atoms with E-state index < -0.39 is 0 Å². The monoisotopic (exact) mass is 302 g/mol. The molecule has 0 spiro atoms. The average Bonchev–Trinajstić information content (AvgIpc) is 3.04. The van der Waals surface area contributed by atoms with E-state index in [0.29, 0.717) is 48.7 Å². The largest absolute Gasteiger partial charge is 0.454 e. The fourth-order valence-electron chi connectivity index (χ4n) is 2.61. The van der Waals surface area contributed by atoms with Gasteiger partial charge in [-0.25, -0.2) is 0 Å². The van der Waals surface area contributed by atoms with E-state index in [1.54, 1.807) is 4.90 Å². The van der Waals surface area contributed by atoms with E-state index in [1.165, 1.54) is 0 Å². The highest BCUT2D eigenvalue weighted by Crippen LogP contribution is 2.35. The highest BCUT2D eigenvalue weighted by atomic mass is 32.1. The number of ether oxygens (including phenoxy) is 2. The molecule has 0 aliphatic carbocycles. The molecular formula is C15H14N2O3S. The second kappa shape index (κ2) is 5.70. The van der Waals surface area contributed by atoms with E-state index in [9.17, 15) is 4.79 Å². The van der Waals surface area contributed by atoms with Crippen molar-refractivity contribution >= 4 is 23.1 Å². The predicted octanol–water partition coefficient (Wildman–Crippen LogP) is 1.97. The molecular weight excluding hydrogens is 288 g/mol. The van der Waals surface area contributed by atoms with Crippen molar-refractivity contribution in [2.45, 2.75) is 25.7 Å². The molecule has 2 aliphatic heterocycles. The van der Waals surface area contributed by atoms with E-state index in [4.69, 9.17) is 27.0 Å². The molecule has 0 radical (unpaired) electrons. The topological polar surface area (TPSA) is 62.6 Å². The van der Waals surface area contributed by atoms with Crippen molar-refractivity contribution in [1.29, 1.82) is 5.26 Å². The lowest BCUT2D eigenvalue weighted by atomic mass is 10.0. The molecule has 0 bridgehead atoms. The number of likely N-dealkylation sites (tertiary alicyclic amines) is 1. The van der Waals surface area contributed by atoms with Crippen LogP contribution >= 0.6 is 12.2 Å². The van der Waals surface area contributed by atoms with Crippen LogP contribution in [-0.4, -0.2) is 29.1 Å². The van der Waals surface area contributed by atoms with Crippen LogP contribution in [-0.2, 0) is 17.6 Å². The number of thiocarbonyl (C=S) groups is 1. The van der Waals surface area contributed by atoms with Crippen LogP contribution in [0.5, 0.6) is 11.5 Å². The third-order valence-electron chi connectivity index (χ3n) is 3.72. The van der Waals surface area contributed by atoms with Crippen LogP contribution in [0.3, 0.4) is 0 Å². The summed E-state index contributed by atoms with van der Waals surface area (Å²) < 4.78 is 10.7. The molecule has 0 unspecified atom stereocenters. The van der Waals surface area contributed by atoms with Gasteiger partial charge in [-0.3, -0.25) is 4.79 Å². The summed E-state index contributed by atoms with van der Waals surface area (Å²) in [5, 5.41) is 8.95.